The zero-order valence-electron chi connectivity index (χ0n) is 40.7. The maximum atomic E-state index is 12.5. The molecule has 360 valence electrons. The van der Waals surface area contributed by atoms with Crippen LogP contribution in [0.2, 0.25) is 0 Å². The van der Waals surface area contributed by atoms with Crippen LogP contribution in [0.3, 0.4) is 0 Å². The maximum Gasteiger partial charge on any atom is 0.249 e. The SMILES string of the molecule is CCCCCCCCCCCCCCCCCCCCCCCCCCCCCCCCCCC(O)C(=O)NC(CO)C(O)C(O)CCCCCCCCCCCCCC. The first-order chi connectivity index (χ1) is 29.5. The molecular weight excluding hydrogens is 743 g/mol. The third-order valence-corrected chi connectivity index (χ3v) is 13.3. The molecule has 0 aromatic carbocycles. The Morgan fingerprint density at radius 3 is 0.800 bits per heavy atom. The number of nitrogens with one attached hydrogen (secondary N) is 1. The van der Waals surface area contributed by atoms with Crippen LogP contribution < -0.4 is 5.32 Å². The topological polar surface area (TPSA) is 110 Å². The largest absolute Gasteiger partial charge is 0.394 e. The molecule has 0 aromatic rings. The van der Waals surface area contributed by atoms with E-state index in [-0.39, 0.29) is 0 Å². The number of rotatable bonds is 51. The highest BCUT2D eigenvalue weighted by atomic mass is 16.3. The molecule has 4 atom stereocenters. The van der Waals surface area contributed by atoms with Gasteiger partial charge in [0.05, 0.1) is 18.8 Å². The van der Waals surface area contributed by atoms with E-state index in [0.717, 1.165) is 38.5 Å². The van der Waals surface area contributed by atoms with Gasteiger partial charge in [-0.2, -0.15) is 0 Å². The quantitative estimate of drug-likeness (QED) is 0.0392. The Hall–Kier alpha value is -0.690. The highest BCUT2D eigenvalue weighted by molar-refractivity contribution is 5.80. The smallest absolute Gasteiger partial charge is 0.249 e. The van der Waals surface area contributed by atoms with Gasteiger partial charge in [0, 0.05) is 0 Å². The zero-order valence-corrected chi connectivity index (χ0v) is 40.7. The third-order valence-electron chi connectivity index (χ3n) is 13.3. The van der Waals surface area contributed by atoms with Gasteiger partial charge >= 0.3 is 0 Å². The minimum absolute atomic E-state index is 0.376. The monoisotopic (exact) mass is 852 g/mol. The molecule has 5 N–H and O–H groups in total. The van der Waals surface area contributed by atoms with E-state index in [0.29, 0.717) is 12.8 Å². The van der Waals surface area contributed by atoms with Crippen molar-refractivity contribution in [2.45, 2.75) is 334 Å². The van der Waals surface area contributed by atoms with Gasteiger partial charge in [-0.3, -0.25) is 4.79 Å². The summed E-state index contributed by atoms with van der Waals surface area (Å²) in [4.78, 5) is 12.5. The van der Waals surface area contributed by atoms with Gasteiger partial charge in [-0.05, 0) is 12.8 Å². The molecule has 0 bridgehead atoms. The molecule has 0 aromatic heterocycles. The fourth-order valence-electron chi connectivity index (χ4n) is 9.00. The zero-order chi connectivity index (χ0) is 43.8. The highest BCUT2D eigenvalue weighted by Crippen LogP contribution is 2.19. The van der Waals surface area contributed by atoms with Crippen molar-refractivity contribution in [1.82, 2.24) is 5.32 Å². The second-order valence-corrected chi connectivity index (χ2v) is 19.3. The predicted octanol–water partition coefficient (Wildman–Crippen LogP) is 15.5. The van der Waals surface area contributed by atoms with Crippen LogP contribution in [0.5, 0.6) is 0 Å². The summed E-state index contributed by atoms with van der Waals surface area (Å²) in [6.45, 7) is 4.07. The molecule has 6 nitrogen and oxygen atoms in total. The van der Waals surface area contributed by atoms with Gasteiger partial charge in [0.1, 0.15) is 12.2 Å². The Labute approximate surface area is 375 Å². The number of carbonyl (C=O) groups is 1. The summed E-state index contributed by atoms with van der Waals surface area (Å²) in [5.41, 5.74) is 0. The first-order valence-electron chi connectivity index (χ1n) is 27.4. The van der Waals surface area contributed by atoms with Gasteiger partial charge in [-0.25, -0.2) is 0 Å². The fraction of sp³-hybridized carbons (Fsp3) is 0.981. The molecule has 0 rings (SSSR count). The minimum atomic E-state index is -1.25. The Morgan fingerprint density at radius 1 is 0.350 bits per heavy atom. The molecule has 0 aliphatic carbocycles. The lowest BCUT2D eigenvalue weighted by molar-refractivity contribution is -0.132. The van der Waals surface area contributed by atoms with Crippen molar-refractivity contribution >= 4 is 5.91 Å². The number of unbranched alkanes of at least 4 members (excludes halogenated alkanes) is 42. The molecule has 0 aliphatic heterocycles. The third kappa shape index (κ3) is 42.6. The molecular formula is C54H109NO5. The van der Waals surface area contributed by atoms with Crippen molar-refractivity contribution < 1.29 is 25.2 Å². The van der Waals surface area contributed by atoms with E-state index in [4.69, 9.17) is 0 Å². The van der Waals surface area contributed by atoms with Crippen LogP contribution in [-0.2, 0) is 4.79 Å². The van der Waals surface area contributed by atoms with E-state index in [2.05, 4.69) is 19.2 Å². The lowest BCUT2D eigenvalue weighted by atomic mass is 9.99. The molecule has 0 radical (unpaired) electrons. The van der Waals surface area contributed by atoms with Crippen molar-refractivity contribution in [2.75, 3.05) is 6.61 Å². The van der Waals surface area contributed by atoms with Crippen LogP contribution in [0.15, 0.2) is 0 Å². The lowest BCUT2D eigenvalue weighted by Crippen LogP contribution is -2.53. The summed E-state index contributed by atoms with van der Waals surface area (Å²) in [6, 6.07) is -0.979. The van der Waals surface area contributed by atoms with Crippen LogP contribution in [-0.4, -0.2) is 57.3 Å². The van der Waals surface area contributed by atoms with E-state index in [9.17, 15) is 25.2 Å². The van der Waals surface area contributed by atoms with E-state index in [1.807, 2.05) is 0 Å². The molecule has 0 saturated heterocycles. The Morgan fingerprint density at radius 2 is 0.567 bits per heavy atom. The van der Waals surface area contributed by atoms with Crippen LogP contribution in [0, 0.1) is 0 Å². The van der Waals surface area contributed by atoms with Crippen LogP contribution in [0.25, 0.3) is 0 Å². The summed E-state index contributed by atoms with van der Waals surface area (Å²) < 4.78 is 0. The summed E-state index contributed by atoms with van der Waals surface area (Å²) in [7, 11) is 0. The molecule has 1 amide bonds. The lowest BCUT2D eigenvalue weighted by Gasteiger charge is -2.27. The van der Waals surface area contributed by atoms with Gasteiger partial charge in [-0.1, -0.05) is 296 Å². The van der Waals surface area contributed by atoms with Crippen LogP contribution in [0.4, 0.5) is 0 Å². The number of carbonyl (C=O) groups excluding carboxylic acids is 1. The van der Waals surface area contributed by atoms with Gasteiger partial charge < -0.3 is 25.7 Å². The van der Waals surface area contributed by atoms with E-state index < -0.39 is 36.9 Å². The second kappa shape index (κ2) is 49.3. The number of hydrogen-bond acceptors (Lipinski definition) is 5. The highest BCUT2D eigenvalue weighted by Gasteiger charge is 2.28. The molecule has 4 unspecified atom stereocenters. The fourth-order valence-corrected chi connectivity index (χ4v) is 9.00. The number of hydrogen-bond donors (Lipinski definition) is 5. The minimum Gasteiger partial charge on any atom is -0.394 e. The van der Waals surface area contributed by atoms with Crippen molar-refractivity contribution in [2.24, 2.45) is 0 Å². The first-order valence-corrected chi connectivity index (χ1v) is 27.4. The number of amides is 1. The van der Waals surface area contributed by atoms with Gasteiger partial charge in [0.15, 0.2) is 0 Å². The summed E-state index contributed by atoms with van der Waals surface area (Å²) in [6.07, 6.45) is 56.1. The van der Waals surface area contributed by atoms with Crippen molar-refractivity contribution in [1.29, 1.82) is 0 Å². The normalized spacial score (nSPS) is 13.8. The molecule has 0 fully saturated rings. The summed E-state index contributed by atoms with van der Waals surface area (Å²) in [5, 5.41) is 43.8. The average molecular weight is 852 g/mol. The summed E-state index contributed by atoms with van der Waals surface area (Å²) in [5.74, 6) is -0.577. The Balaban J connectivity index is 3.50. The van der Waals surface area contributed by atoms with Gasteiger partial charge in [-0.15, -0.1) is 0 Å². The molecule has 0 heterocycles. The standard InChI is InChI=1S/C54H109NO5/c1-3-5-7-9-11-13-15-17-18-19-20-21-22-23-24-25-26-27-28-29-30-31-32-33-34-35-36-38-40-42-44-46-48-52(58)54(60)55-50(49-56)53(59)51(57)47-45-43-41-39-37-16-14-12-10-8-6-4-2/h50-53,56-59H,3-49H2,1-2H3,(H,55,60). The molecule has 60 heavy (non-hydrogen) atoms. The van der Waals surface area contributed by atoms with Crippen LogP contribution >= 0.6 is 0 Å². The maximum absolute atomic E-state index is 12.5. The molecule has 0 saturated carbocycles. The number of aliphatic hydroxyl groups is 4. The Kier molecular flexibility index (Phi) is 48.8. The second-order valence-electron chi connectivity index (χ2n) is 19.3. The number of aliphatic hydroxyl groups excluding tert-OH is 4. The first kappa shape index (κ1) is 59.3. The van der Waals surface area contributed by atoms with E-state index in [1.54, 1.807) is 0 Å². The van der Waals surface area contributed by atoms with E-state index >= 15 is 0 Å². The van der Waals surface area contributed by atoms with Gasteiger partial charge in [0.2, 0.25) is 5.91 Å². The van der Waals surface area contributed by atoms with Gasteiger partial charge in [0.25, 0.3) is 0 Å². The van der Waals surface area contributed by atoms with Crippen molar-refractivity contribution in [3.05, 3.63) is 0 Å². The van der Waals surface area contributed by atoms with Crippen molar-refractivity contribution in [3.63, 3.8) is 0 Å². The molecule has 0 aliphatic rings. The van der Waals surface area contributed by atoms with E-state index in [1.165, 1.54) is 244 Å². The average Bonchev–Trinajstić information content (AvgIpc) is 3.25. The summed E-state index contributed by atoms with van der Waals surface area (Å²) >= 11 is 0. The molecule has 6 heteroatoms. The van der Waals surface area contributed by atoms with Crippen LogP contribution in [0.1, 0.15) is 309 Å². The predicted molar refractivity (Wildman–Crippen MR) is 261 cm³/mol. The molecule has 0 spiro atoms. The Bertz CT molecular complexity index is 826. The van der Waals surface area contributed by atoms with Crippen molar-refractivity contribution in [3.8, 4) is 0 Å².